The summed E-state index contributed by atoms with van der Waals surface area (Å²) in [5, 5.41) is 6.01. The second-order valence-corrected chi connectivity index (χ2v) is 4.03. The largest absolute Gasteiger partial charge is 0.355 e. The van der Waals surface area contributed by atoms with Gasteiger partial charge in [0.2, 0.25) is 5.91 Å². The molecule has 0 aromatic rings. The van der Waals surface area contributed by atoms with E-state index >= 15 is 0 Å². The van der Waals surface area contributed by atoms with E-state index in [0.717, 1.165) is 25.9 Å². The Hall–Kier alpha value is -0.830. The Balaban J connectivity index is 1.96. The van der Waals surface area contributed by atoms with Crippen LogP contribution in [-0.4, -0.2) is 25.5 Å². The topological polar surface area (TPSA) is 41.1 Å². The third kappa shape index (κ3) is 5.57. The fourth-order valence-corrected chi connectivity index (χ4v) is 1.77. The first-order valence-electron chi connectivity index (χ1n) is 5.98. The lowest BCUT2D eigenvalue weighted by molar-refractivity contribution is -0.120. The summed E-state index contributed by atoms with van der Waals surface area (Å²) in [5.74, 6) is 0.113. The van der Waals surface area contributed by atoms with Gasteiger partial charge in [-0.15, -0.1) is 0 Å². The van der Waals surface area contributed by atoms with Crippen LogP contribution < -0.4 is 10.6 Å². The van der Waals surface area contributed by atoms with Crippen LogP contribution in [0.15, 0.2) is 11.6 Å². The molecule has 3 nitrogen and oxygen atoms in total. The fourth-order valence-electron chi connectivity index (χ4n) is 1.77. The highest BCUT2D eigenvalue weighted by atomic mass is 16.1. The Morgan fingerprint density at radius 2 is 2.33 bits per heavy atom. The van der Waals surface area contributed by atoms with Crippen molar-refractivity contribution in [1.82, 2.24) is 10.6 Å². The van der Waals surface area contributed by atoms with Crippen LogP contribution in [-0.2, 0) is 4.79 Å². The Kier molecular flexibility index (Phi) is 6.09. The molecule has 1 amide bonds. The number of hydrogen-bond donors (Lipinski definition) is 2. The van der Waals surface area contributed by atoms with Crippen molar-refractivity contribution in [1.29, 1.82) is 0 Å². The summed E-state index contributed by atoms with van der Waals surface area (Å²) in [6.45, 7) is 4.25. The van der Waals surface area contributed by atoms with E-state index < -0.39 is 0 Å². The molecule has 0 bridgehead atoms. The summed E-state index contributed by atoms with van der Waals surface area (Å²) in [6, 6.07) is 0. The molecule has 0 aromatic carbocycles. The summed E-state index contributed by atoms with van der Waals surface area (Å²) in [6.07, 6.45) is 8.15. The van der Waals surface area contributed by atoms with Gasteiger partial charge >= 0.3 is 0 Å². The zero-order valence-corrected chi connectivity index (χ0v) is 9.64. The molecule has 0 saturated heterocycles. The zero-order chi connectivity index (χ0) is 10.9. The van der Waals surface area contributed by atoms with Crippen LogP contribution >= 0.6 is 0 Å². The number of nitrogens with one attached hydrogen (secondary N) is 2. The minimum absolute atomic E-state index is 0.113. The number of carbonyl (C=O) groups excluding carboxylic acids is 1. The standard InChI is InChI=1S/C12H22N2O/c1-2-8-13-10-12(15)14-9-7-11-5-3-4-6-11/h5,13H,2-4,6-10H2,1H3,(H,14,15). The maximum atomic E-state index is 11.3. The normalized spacial score (nSPS) is 15.1. The van der Waals surface area contributed by atoms with Gasteiger partial charge in [0.05, 0.1) is 6.54 Å². The molecule has 0 aromatic heterocycles. The van der Waals surface area contributed by atoms with Gasteiger partial charge in [0.25, 0.3) is 0 Å². The SMILES string of the molecule is CCCNCC(=O)NCCC1=CCCC1. The van der Waals surface area contributed by atoms with Crippen LogP contribution in [0.3, 0.4) is 0 Å². The summed E-state index contributed by atoms with van der Waals surface area (Å²) in [5.41, 5.74) is 1.51. The van der Waals surface area contributed by atoms with Crippen molar-refractivity contribution in [2.45, 2.75) is 39.0 Å². The average molecular weight is 210 g/mol. The van der Waals surface area contributed by atoms with Crippen LogP contribution in [0.2, 0.25) is 0 Å². The highest BCUT2D eigenvalue weighted by Crippen LogP contribution is 2.19. The van der Waals surface area contributed by atoms with E-state index in [2.05, 4.69) is 23.6 Å². The van der Waals surface area contributed by atoms with Crippen molar-refractivity contribution < 1.29 is 4.79 Å². The summed E-state index contributed by atoms with van der Waals surface area (Å²) >= 11 is 0. The van der Waals surface area contributed by atoms with E-state index in [0.29, 0.717) is 6.54 Å². The van der Waals surface area contributed by atoms with Crippen molar-refractivity contribution in [2.75, 3.05) is 19.6 Å². The molecule has 3 heteroatoms. The molecule has 0 unspecified atom stereocenters. The molecule has 0 heterocycles. The van der Waals surface area contributed by atoms with Crippen molar-refractivity contribution in [2.24, 2.45) is 0 Å². The number of amides is 1. The molecule has 2 N–H and O–H groups in total. The van der Waals surface area contributed by atoms with Crippen LogP contribution in [0, 0.1) is 0 Å². The number of hydrogen-bond acceptors (Lipinski definition) is 2. The lowest BCUT2D eigenvalue weighted by Gasteiger charge is -2.06. The van der Waals surface area contributed by atoms with Crippen molar-refractivity contribution in [3.63, 3.8) is 0 Å². The van der Waals surface area contributed by atoms with Gasteiger partial charge in [0.15, 0.2) is 0 Å². The smallest absolute Gasteiger partial charge is 0.233 e. The third-order valence-electron chi connectivity index (χ3n) is 2.62. The van der Waals surface area contributed by atoms with Gasteiger partial charge < -0.3 is 10.6 Å². The van der Waals surface area contributed by atoms with E-state index in [1.165, 1.54) is 24.8 Å². The number of rotatable bonds is 7. The average Bonchev–Trinajstić information content (AvgIpc) is 2.71. The Labute approximate surface area is 92.3 Å². The highest BCUT2D eigenvalue weighted by molar-refractivity contribution is 5.77. The molecule has 0 aliphatic heterocycles. The maximum absolute atomic E-state index is 11.3. The molecule has 1 rings (SSSR count). The molecule has 0 radical (unpaired) electrons. The van der Waals surface area contributed by atoms with E-state index in [1.54, 1.807) is 0 Å². The lowest BCUT2D eigenvalue weighted by Crippen LogP contribution is -2.34. The Bertz CT molecular complexity index is 224. The van der Waals surface area contributed by atoms with Gasteiger partial charge in [-0.1, -0.05) is 18.6 Å². The Morgan fingerprint density at radius 1 is 1.47 bits per heavy atom. The maximum Gasteiger partial charge on any atom is 0.233 e. The third-order valence-corrected chi connectivity index (χ3v) is 2.62. The number of allylic oxidation sites excluding steroid dienone is 1. The highest BCUT2D eigenvalue weighted by Gasteiger charge is 2.04. The van der Waals surface area contributed by atoms with E-state index in [4.69, 9.17) is 0 Å². The molecule has 0 saturated carbocycles. The van der Waals surface area contributed by atoms with Gasteiger partial charge in [-0.2, -0.15) is 0 Å². The first-order valence-corrected chi connectivity index (χ1v) is 5.98. The van der Waals surface area contributed by atoms with Crippen LogP contribution in [0.4, 0.5) is 0 Å². The van der Waals surface area contributed by atoms with Crippen LogP contribution in [0.5, 0.6) is 0 Å². The van der Waals surface area contributed by atoms with Crippen molar-refractivity contribution in [3.05, 3.63) is 11.6 Å². The molecule has 0 spiro atoms. The van der Waals surface area contributed by atoms with Crippen LogP contribution in [0.25, 0.3) is 0 Å². The van der Waals surface area contributed by atoms with Crippen molar-refractivity contribution in [3.8, 4) is 0 Å². The summed E-state index contributed by atoms with van der Waals surface area (Å²) in [7, 11) is 0. The van der Waals surface area contributed by atoms with Gasteiger partial charge in [-0.3, -0.25) is 4.79 Å². The fraction of sp³-hybridized carbons (Fsp3) is 0.750. The molecule has 0 fully saturated rings. The molecule has 1 aliphatic rings. The van der Waals surface area contributed by atoms with Crippen LogP contribution in [0.1, 0.15) is 39.0 Å². The van der Waals surface area contributed by atoms with Gasteiger partial charge in [-0.05, 0) is 38.6 Å². The van der Waals surface area contributed by atoms with Crippen molar-refractivity contribution >= 4 is 5.91 Å². The predicted octanol–water partition coefficient (Wildman–Crippen LogP) is 1.60. The molecular weight excluding hydrogens is 188 g/mol. The Morgan fingerprint density at radius 3 is 3.00 bits per heavy atom. The second kappa shape index (κ2) is 7.46. The first kappa shape index (κ1) is 12.2. The molecule has 0 atom stereocenters. The lowest BCUT2D eigenvalue weighted by atomic mass is 10.2. The zero-order valence-electron chi connectivity index (χ0n) is 9.64. The van der Waals surface area contributed by atoms with Gasteiger partial charge in [0, 0.05) is 6.54 Å². The molecule has 86 valence electrons. The van der Waals surface area contributed by atoms with E-state index in [9.17, 15) is 4.79 Å². The van der Waals surface area contributed by atoms with E-state index in [-0.39, 0.29) is 5.91 Å². The molecule has 15 heavy (non-hydrogen) atoms. The van der Waals surface area contributed by atoms with Gasteiger partial charge in [-0.25, -0.2) is 0 Å². The second-order valence-electron chi connectivity index (χ2n) is 4.03. The van der Waals surface area contributed by atoms with E-state index in [1.807, 2.05) is 0 Å². The minimum Gasteiger partial charge on any atom is -0.355 e. The monoisotopic (exact) mass is 210 g/mol. The quantitative estimate of drug-likeness (QED) is 0.495. The molecular formula is C12H22N2O. The predicted molar refractivity (Wildman–Crippen MR) is 62.7 cm³/mol. The van der Waals surface area contributed by atoms with Gasteiger partial charge in [0.1, 0.15) is 0 Å². The first-order chi connectivity index (χ1) is 7.33. The summed E-state index contributed by atoms with van der Waals surface area (Å²) < 4.78 is 0. The summed E-state index contributed by atoms with van der Waals surface area (Å²) in [4.78, 5) is 11.3. The minimum atomic E-state index is 0.113. The number of carbonyl (C=O) groups is 1. The molecule has 1 aliphatic carbocycles.